The topological polar surface area (TPSA) is 26.3 Å². The second kappa shape index (κ2) is 3.97. The first-order valence-corrected chi connectivity index (χ1v) is 4.33. The molecule has 0 saturated heterocycles. The van der Waals surface area contributed by atoms with Crippen molar-refractivity contribution >= 4 is 21.6 Å². The summed E-state index contributed by atoms with van der Waals surface area (Å²) in [7, 11) is 0. The van der Waals surface area contributed by atoms with Crippen molar-refractivity contribution in [2.24, 2.45) is 0 Å². The van der Waals surface area contributed by atoms with Gasteiger partial charge in [-0.3, -0.25) is 0 Å². The van der Waals surface area contributed by atoms with Crippen LogP contribution < -0.4 is 5.06 Å². The van der Waals surface area contributed by atoms with Crippen LogP contribution in [0.2, 0.25) is 0 Å². The summed E-state index contributed by atoms with van der Waals surface area (Å²) < 4.78 is 38.0. The molecule has 0 atom stereocenters. The highest BCUT2D eigenvalue weighted by Crippen LogP contribution is 2.24. The number of nitrogens with zero attached hydrogens (tertiary/aromatic N) is 1. The van der Waals surface area contributed by atoms with Crippen molar-refractivity contribution in [3.8, 4) is 0 Å². The SMILES string of the molecule is [O-]N(CBr)c1c(F)cc(F)cc1F. The van der Waals surface area contributed by atoms with Crippen LogP contribution in [0.4, 0.5) is 18.9 Å². The van der Waals surface area contributed by atoms with Gasteiger partial charge in [0.05, 0.1) is 11.1 Å². The maximum absolute atomic E-state index is 12.8. The molecule has 0 aliphatic carbocycles. The molecular weight excluding hydrogens is 251 g/mol. The van der Waals surface area contributed by atoms with Gasteiger partial charge in [-0.15, -0.1) is 0 Å². The van der Waals surface area contributed by atoms with E-state index in [2.05, 4.69) is 15.9 Å². The molecule has 72 valence electrons. The van der Waals surface area contributed by atoms with Crippen LogP contribution in [-0.4, -0.2) is 5.45 Å². The third-order valence-corrected chi connectivity index (χ3v) is 1.80. The van der Waals surface area contributed by atoms with E-state index in [1.807, 2.05) is 0 Å². The molecular formula is C7H4BrF3NO-. The average Bonchev–Trinajstić information content (AvgIpc) is 2.02. The molecule has 0 unspecified atom stereocenters. The smallest absolute Gasteiger partial charge is 0.151 e. The second-order valence-corrected chi connectivity index (χ2v) is 2.72. The fourth-order valence-electron chi connectivity index (χ4n) is 0.833. The molecule has 0 spiro atoms. The van der Waals surface area contributed by atoms with E-state index in [4.69, 9.17) is 0 Å². The Morgan fingerprint density at radius 2 is 1.69 bits per heavy atom. The summed E-state index contributed by atoms with van der Waals surface area (Å²) in [4.78, 5) is 0. The lowest BCUT2D eigenvalue weighted by molar-refractivity contribution is 0.544. The minimum absolute atomic E-state index is 0.0457. The quantitative estimate of drug-likeness (QED) is 0.461. The van der Waals surface area contributed by atoms with E-state index < -0.39 is 23.1 Å². The molecule has 0 aliphatic rings. The van der Waals surface area contributed by atoms with Crippen molar-refractivity contribution in [3.63, 3.8) is 0 Å². The Balaban J connectivity index is 3.20. The first-order valence-electron chi connectivity index (χ1n) is 3.21. The number of rotatable bonds is 2. The fraction of sp³-hybridized carbons (Fsp3) is 0.143. The van der Waals surface area contributed by atoms with Gasteiger partial charge in [0.15, 0.2) is 11.6 Å². The normalized spacial score (nSPS) is 10.2. The Morgan fingerprint density at radius 1 is 1.23 bits per heavy atom. The third kappa shape index (κ3) is 2.13. The first kappa shape index (κ1) is 10.3. The molecule has 1 aromatic carbocycles. The maximum atomic E-state index is 12.8. The lowest BCUT2D eigenvalue weighted by Gasteiger charge is -2.28. The molecule has 1 rings (SSSR count). The summed E-state index contributed by atoms with van der Waals surface area (Å²) in [6.45, 7) is 0. The minimum Gasteiger partial charge on any atom is -0.758 e. The van der Waals surface area contributed by atoms with E-state index >= 15 is 0 Å². The molecule has 0 aromatic heterocycles. The molecule has 0 radical (unpaired) electrons. The van der Waals surface area contributed by atoms with E-state index in [1.54, 1.807) is 0 Å². The molecule has 0 saturated carbocycles. The average molecular weight is 255 g/mol. The predicted octanol–water partition coefficient (Wildman–Crippen LogP) is 2.76. The number of anilines is 1. The van der Waals surface area contributed by atoms with Gasteiger partial charge in [-0.25, -0.2) is 13.2 Å². The standard InChI is InChI=1S/C7H4BrF3NO/c8-3-12(13)7-5(10)1-4(9)2-6(7)11/h1-2H,3H2/q-1. The van der Waals surface area contributed by atoms with E-state index in [-0.39, 0.29) is 10.5 Å². The minimum atomic E-state index is -1.22. The second-order valence-electron chi connectivity index (χ2n) is 2.22. The zero-order chi connectivity index (χ0) is 10.0. The molecule has 1 aromatic rings. The Morgan fingerprint density at radius 3 is 2.08 bits per heavy atom. The van der Waals surface area contributed by atoms with E-state index in [0.717, 1.165) is 0 Å². The Kier molecular flexibility index (Phi) is 3.16. The van der Waals surface area contributed by atoms with Gasteiger partial charge in [-0.05, 0) is 0 Å². The van der Waals surface area contributed by atoms with Crippen LogP contribution in [0.15, 0.2) is 12.1 Å². The molecule has 0 amide bonds. The predicted molar refractivity (Wildman–Crippen MR) is 46.0 cm³/mol. The zero-order valence-electron chi connectivity index (χ0n) is 6.23. The number of benzene rings is 1. The number of hydroxylamine groups is 1. The highest BCUT2D eigenvalue weighted by Gasteiger charge is 2.11. The van der Waals surface area contributed by atoms with Crippen LogP contribution in [0.3, 0.4) is 0 Å². The van der Waals surface area contributed by atoms with Crippen molar-refractivity contribution in [1.29, 1.82) is 0 Å². The summed E-state index contributed by atoms with van der Waals surface area (Å²) in [6, 6.07) is 0.901. The van der Waals surface area contributed by atoms with Crippen LogP contribution in [0, 0.1) is 22.7 Å². The largest absolute Gasteiger partial charge is 0.758 e. The van der Waals surface area contributed by atoms with E-state index in [1.165, 1.54) is 0 Å². The van der Waals surface area contributed by atoms with Gasteiger partial charge in [-0.1, -0.05) is 15.9 Å². The molecule has 0 fully saturated rings. The highest BCUT2D eigenvalue weighted by molar-refractivity contribution is 9.09. The molecule has 6 heteroatoms. The molecule has 13 heavy (non-hydrogen) atoms. The van der Waals surface area contributed by atoms with Crippen molar-refractivity contribution in [2.75, 3.05) is 10.5 Å². The molecule has 0 bridgehead atoms. The molecule has 2 nitrogen and oxygen atoms in total. The van der Waals surface area contributed by atoms with Crippen LogP contribution in [0.1, 0.15) is 0 Å². The number of alkyl halides is 1. The van der Waals surface area contributed by atoms with Crippen LogP contribution >= 0.6 is 15.9 Å². The summed E-state index contributed by atoms with van der Waals surface area (Å²) in [5.74, 6) is -3.49. The molecule has 0 aliphatic heterocycles. The van der Waals surface area contributed by atoms with Crippen LogP contribution in [0.25, 0.3) is 0 Å². The Labute approximate surface area is 80.7 Å². The van der Waals surface area contributed by atoms with Crippen molar-refractivity contribution in [1.82, 2.24) is 0 Å². The van der Waals surface area contributed by atoms with Gasteiger partial charge in [0, 0.05) is 12.1 Å². The summed E-state index contributed by atoms with van der Waals surface area (Å²) in [5, 5.41) is 10.9. The van der Waals surface area contributed by atoms with E-state index in [9.17, 15) is 18.4 Å². The van der Waals surface area contributed by atoms with Gasteiger partial charge in [0.25, 0.3) is 0 Å². The fourth-order valence-corrected chi connectivity index (χ4v) is 1.08. The Hall–Kier alpha value is -0.750. The summed E-state index contributed by atoms with van der Waals surface area (Å²) >= 11 is 2.72. The van der Waals surface area contributed by atoms with E-state index in [0.29, 0.717) is 12.1 Å². The van der Waals surface area contributed by atoms with Gasteiger partial charge in [0.1, 0.15) is 5.82 Å². The van der Waals surface area contributed by atoms with Gasteiger partial charge >= 0.3 is 0 Å². The number of halogens is 4. The Bertz CT molecular complexity index is 298. The monoisotopic (exact) mass is 254 g/mol. The lowest BCUT2D eigenvalue weighted by Crippen LogP contribution is -2.15. The number of hydrogen-bond donors (Lipinski definition) is 0. The maximum Gasteiger partial charge on any atom is 0.151 e. The third-order valence-electron chi connectivity index (χ3n) is 1.34. The van der Waals surface area contributed by atoms with Crippen molar-refractivity contribution in [3.05, 3.63) is 34.8 Å². The molecule has 0 heterocycles. The summed E-state index contributed by atoms with van der Waals surface area (Å²) in [6.07, 6.45) is 0. The first-order chi connectivity index (χ1) is 6.06. The zero-order valence-corrected chi connectivity index (χ0v) is 7.82. The van der Waals surface area contributed by atoms with Crippen molar-refractivity contribution < 1.29 is 13.2 Å². The van der Waals surface area contributed by atoms with Crippen LogP contribution in [-0.2, 0) is 0 Å². The van der Waals surface area contributed by atoms with Gasteiger partial charge < -0.3 is 10.3 Å². The van der Waals surface area contributed by atoms with Crippen LogP contribution in [0.5, 0.6) is 0 Å². The van der Waals surface area contributed by atoms with Gasteiger partial charge in [0.2, 0.25) is 0 Å². The highest BCUT2D eigenvalue weighted by atomic mass is 79.9. The molecule has 0 N–H and O–H groups in total. The lowest BCUT2D eigenvalue weighted by atomic mass is 10.3. The van der Waals surface area contributed by atoms with Crippen molar-refractivity contribution in [2.45, 2.75) is 0 Å². The van der Waals surface area contributed by atoms with Gasteiger partial charge in [-0.2, -0.15) is 0 Å². The number of hydrogen-bond acceptors (Lipinski definition) is 2. The summed E-state index contributed by atoms with van der Waals surface area (Å²) in [5.41, 5.74) is -1.08.